The first-order chi connectivity index (χ1) is 6.07. The van der Waals surface area contributed by atoms with Crippen LogP contribution in [0.25, 0.3) is 0 Å². The smallest absolute Gasteiger partial charge is 0.396 e. The van der Waals surface area contributed by atoms with Gasteiger partial charge in [-0.15, -0.1) is 0 Å². The van der Waals surface area contributed by atoms with Crippen LogP contribution in [0.1, 0.15) is 33.6 Å². The van der Waals surface area contributed by atoms with E-state index in [2.05, 4.69) is 26.0 Å². The summed E-state index contributed by atoms with van der Waals surface area (Å²) in [6.07, 6.45) is 3.14. The van der Waals surface area contributed by atoms with Gasteiger partial charge >= 0.3 is 7.62 Å². The van der Waals surface area contributed by atoms with Crippen LogP contribution >= 0.6 is 0 Å². The van der Waals surface area contributed by atoms with E-state index in [1.807, 2.05) is 0 Å². The molecule has 3 heteroatoms. The van der Waals surface area contributed by atoms with Gasteiger partial charge in [-0.05, 0) is 29.6 Å². The molecular formula is C10H17BNO. The van der Waals surface area contributed by atoms with Crippen LogP contribution in [-0.2, 0) is 4.65 Å². The van der Waals surface area contributed by atoms with E-state index in [1.54, 1.807) is 7.62 Å². The molecular weight excluding hydrogens is 161 g/mol. The van der Waals surface area contributed by atoms with E-state index in [9.17, 15) is 0 Å². The number of rotatable bonds is 0. The lowest BCUT2D eigenvalue weighted by atomic mass is 9.70. The Morgan fingerprint density at radius 2 is 2.15 bits per heavy atom. The molecule has 1 heterocycles. The Balaban J connectivity index is 2.07. The summed E-state index contributed by atoms with van der Waals surface area (Å²) in [5.41, 5.74) is 0.839. The van der Waals surface area contributed by atoms with Crippen molar-refractivity contribution < 1.29 is 4.65 Å². The highest BCUT2D eigenvalue weighted by atomic mass is 16.5. The van der Waals surface area contributed by atoms with Crippen LogP contribution < -0.4 is 5.23 Å². The van der Waals surface area contributed by atoms with Crippen LogP contribution in [0.5, 0.6) is 0 Å². The number of nitrogens with one attached hydrogen (secondary N) is 1. The molecule has 1 N–H and O–H groups in total. The molecule has 0 aromatic carbocycles. The normalized spacial score (nSPS) is 56.4. The van der Waals surface area contributed by atoms with E-state index in [4.69, 9.17) is 4.65 Å². The van der Waals surface area contributed by atoms with Gasteiger partial charge in [0.1, 0.15) is 0 Å². The zero-order valence-electron chi connectivity index (χ0n) is 8.63. The Morgan fingerprint density at radius 1 is 1.38 bits per heavy atom. The van der Waals surface area contributed by atoms with Gasteiger partial charge in [0.25, 0.3) is 0 Å². The maximum Gasteiger partial charge on any atom is 0.396 e. The molecule has 0 aromatic rings. The second-order valence-electron chi connectivity index (χ2n) is 5.65. The number of hydrogen-bond donors (Lipinski definition) is 1. The van der Waals surface area contributed by atoms with Crippen molar-refractivity contribution in [2.45, 2.75) is 45.8 Å². The minimum absolute atomic E-state index is 0.391. The van der Waals surface area contributed by atoms with Gasteiger partial charge in [0.15, 0.2) is 0 Å². The van der Waals surface area contributed by atoms with Crippen molar-refractivity contribution in [2.75, 3.05) is 0 Å². The highest BCUT2D eigenvalue weighted by Gasteiger charge is 2.67. The molecule has 3 fully saturated rings. The van der Waals surface area contributed by atoms with Crippen molar-refractivity contribution in [3.8, 4) is 0 Å². The fraction of sp³-hybridized carbons (Fsp3) is 1.00. The van der Waals surface area contributed by atoms with E-state index in [0.29, 0.717) is 23.0 Å². The van der Waals surface area contributed by atoms with Crippen molar-refractivity contribution in [1.29, 1.82) is 0 Å². The molecule has 2 aliphatic carbocycles. The van der Waals surface area contributed by atoms with Crippen molar-refractivity contribution in [3.05, 3.63) is 0 Å². The molecule has 3 rings (SSSR count). The predicted octanol–water partition coefficient (Wildman–Crippen LogP) is 1.33. The number of fused-ring (bicyclic) bond motifs is 5. The summed E-state index contributed by atoms with van der Waals surface area (Å²) >= 11 is 0. The molecule has 1 saturated heterocycles. The van der Waals surface area contributed by atoms with E-state index in [1.165, 1.54) is 12.8 Å². The van der Waals surface area contributed by atoms with Gasteiger partial charge in [0.05, 0.1) is 6.10 Å². The van der Waals surface area contributed by atoms with Crippen LogP contribution in [0.4, 0.5) is 0 Å². The Morgan fingerprint density at radius 3 is 2.85 bits per heavy atom. The zero-order chi connectivity index (χ0) is 9.27. The van der Waals surface area contributed by atoms with E-state index in [0.717, 1.165) is 5.92 Å². The number of hydrogen-bond acceptors (Lipinski definition) is 2. The standard InChI is InChI=1S/C10H17BNO/c1-9(2)6-4-5-10(9,3)8-7(6)12-11-13-8/h6-8,12H,4-5H2,1-3H3/t6-,7+,8+,10+/m0/s1. The second-order valence-corrected chi connectivity index (χ2v) is 5.65. The van der Waals surface area contributed by atoms with Crippen molar-refractivity contribution in [2.24, 2.45) is 16.7 Å². The van der Waals surface area contributed by atoms with Crippen molar-refractivity contribution >= 4 is 7.62 Å². The SMILES string of the molecule is CC1(C)[C@H]2CC[C@]1(C)[C@@H]1O[B]N[C@@H]12. The monoisotopic (exact) mass is 178 g/mol. The van der Waals surface area contributed by atoms with Gasteiger partial charge in [-0.2, -0.15) is 0 Å². The molecule has 71 valence electrons. The maximum atomic E-state index is 5.71. The first kappa shape index (κ1) is 8.31. The lowest BCUT2D eigenvalue weighted by Gasteiger charge is -2.38. The fourth-order valence-electron chi connectivity index (χ4n) is 3.94. The lowest BCUT2D eigenvalue weighted by molar-refractivity contribution is 0.0388. The molecule has 3 aliphatic rings. The third kappa shape index (κ3) is 0.711. The summed E-state index contributed by atoms with van der Waals surface area (Å²) in [6, 6.07) is 0.591. The first-order valence-corrected chi connectivity index (χ1v) is 5.30. The summed E-state index contributed by atoms with van der Waals surface area (Å²) < 4.78 is 5.71. The Labute approximate surface area is 80.7 Å². The Hall–Kier alpha value is -0.0151. The van der Waals surface area contributed by atoms with Crippen LogP contribution in [0.2, 0.25) is 0 Å². The summed E-state index contributed by atoms with van der Waals surface area (Å²) in [5.74, 6) is 0.807. The summed E-state index contributed by atoms with van der Waals surface area (Å²) in [4.78, 5) is 0. The first-order valence-electron chi connectivity index (χ1n) is 5.30. The molecule has 2 bridgehead atoms. The lowest BCUT2D eigenvalue weighted by Crippen LogP contribution is -2.40. The third-order valence-corrected chi connectivity index (χ3v) is 5.24. The minimum Gasteiger partial charge on any atom is -0.419 e. The van der Waals surface area contributed by atoms with Crippen LogP contribution in [-0.4, -0.2) is 19.8 Å². The molecule has 2 saturated carbocycles. The fourth-order valence-corrected chi connectivity index (χ4v) is 3.94. The molecule has 4 atom stereocenters. The van der Waals surface area contributed by atoms with Crippen LogP contribution in [0.3, 0.4) is 0 Å². The summed E-state index contributed by atoms with van der Waals surface area (Å²) in [7, 11) is 1.81. The average Bonchev–Trinajstić information content (AvgIpc) is 2.63. The predicted molar refractivity (Wildman–Crippen MR) is 52.2 cm³/mol. The van der Waals surface area contributed by atoms with Crippen molar-refractivity contribution in [3.63, 3.8) is 0 Å². The van der Waals surface area contributed by atoms with E-state index < -0.39 is 0 Å². The molecule has 1 radical (unpaired) electrons. The molecule has 0 spiro atoms. The Kier molecular flexibility index (Phi) is 1.37. The van der Waals surface area contributed by atoms with Gasteiger partial charge < -0.3 is 9.88 Å². The third-order valence-electron chi connectivity index (χ3n) is 5.24. The molecule has 2 nitrogen and oxygen atoms in total. The van der Waals surface area contributed by atoms with Crippen molar-refractivity contribution in [1.82, 2.24) is 5.23 Å². The van der Waals surface area contributed by atoms with E-state index in [-0.39, 0.29) is 0 Å². The molecule has 0 unspecified atom stereocenters. The second kappa shape index (κ2) is 2.14. The maximum absolute atomic E-state index is 5.71. The van der Waals surface area contributed by atoms with Gasteiger partial charge in [-0.25, -0.2) is 0 Å². The highest BCUT2D eigenvalue weighted by molar-refractivity contribution is 6.25. The van der Waals surface area contributed by atoms with Gasteiger partial charge in [-0.1, -0.05) is 20.8 Å². The molecule has 1 aliphatic heterocycles. The Bertz CT molecular complexity index is 253. The molecule has 13 heavy (non-hydrogen) atoms. The highest BCUT2D eigenvalue weighted by Crippen LogP contribution is 2.66. The van der Waals surface area contributed by atoms with Gasteiger partial charge in [0.2, 0.25) is 0 Å². The minimum atomic E-state index is 0.391. The van der Waals surface area contributed by atoms with Gasteiger partial charge in [0, 0.05) is 6.04 Å². The zero-order valence-corrected chi connectivity index (χ0v) is 8.63. The summed E-state index contributed by atoms with van der Waals surface area (Å²) in [5, 5.41) is 3.38. The topological polar surface area (TPSA) is 21.3 Å². The molecule has 0 amide bonds. The molecule has 0 aromatic heterocycles. The average molecular weight is 178 g/mol. The van der Waals surface area contributed by atoms with Crippen LogP contribution in [0.15, 0.2) is 0 Å². The summed E-state index contributed by atoms with van der Waals surface area (Å²) in [6.45, 7) is 7.22. The quantitative estimate of drug-likeness (QED) is 0.565. The van der Waals surface area contributed by atoms with E-state index >= 15 is 0 Å². The van der Waals surface area contributed by atoms with Gasteiger partial charge in [-0.3, -0.25) is 0 Å². The van der Waals surface area contributed by atoms with Crippen LogP contribution in [0, 0.1) is 16.7 Å². The largest absolute Gasteiger partial charge is 0.419 e.